The Morgan fingerprint density at radius 1 is 1.00 bits per heavy atom. The molecular weight excluding hydrogens is 330 g/mol. The summed E-state index contributed by atoms with van der Waals surface area (Å²) in [6, 6.07) is -1.29. The Balaban J connectivity index is 0. The Labute approximate surface area is 130 Å². The van der Waals surface area contributed by atoms with Crippen LogP contribution in [-0.4, -0.2) is 51.4 Å². The van der Waals surface area contributed by atoms with Gasteiger partial charge in [0, 0.05) is 11.5 Å². The van der Waals surface area contributed by atoms with Crippen LogP contribution in [0.4, 0.5) is 0 Å². The Morgan fingerprint density at radius 2 is 1.26 bits per heavy atom. The van der Waals surface area contributed by atoms with Crippen molar-refractivity contribution >= 4 is 63.0 Å². The van der Waals surface area contributed by atoms with E-state index in [1.807, 2.05) is 0 Å². The van der Waals surface area contributed by atoms with Crippen LogP contribution in [0.1, 0.15) is 0 Å². The van der Waals surface area contributed by atoms with Crippen LogP contribution in [-0.2, 0) is 14.4 Å². The third-order valence-electron chi connectivity index (χ3n) is 1.38. The van der Waals surface area contributed by atoms with Gasteiger partial charge in [-0.1, -0.05) is 0 Å². The molecule has 0 aromatic heterocycles. The molecule has 11 heteroatoms. The van der Waals surface area contributed by atoms with E-state index in [1.54, 1.807) is 0 Å². The molecule has 0 radical (unpaired) electrons. The molecule has 0 aliphatic heterocycles. The van der Waals surface area contributed by atoms with Crippen LogP contribution in [0.15, 0.2) is 0 Å². The zero-order valence-electron chi connectivity index (χ0n) is 9.89. The number of aliphatic carboxylic acids is 1. The molecule has 0 aliphatic rings. The summed E-state index contributed by atoms with van der Waals surface area (Å²) in [7, 11) is 1.60. The summed E-state index contributed by atoms with van der Waals surface area (Å²) in [5, 5.41) is 7.05. The highest BCUT2D eigenvalue weighted by Crippen LogP contribution is 2.25. The highest BCUT2D eigenvalue weighted by molar-refractivity contribution is 8.87. The predicted molar refractivity (Wildman–Crippen MR) is 85.5 cm³/mol. The number of hydrogen-bond acceptors (Lipinski definition) is 10. The second kappa shape index (κ2) is 13.1. The van der Waals surface area contributed by atoms with Gasteiger partial charge in [-0.25, -0.2) is 0 Å². The molecule has 0 aromatic carbocycles. The van der Waals surface area contributed by atoms with Crippen LogP contribution in [0.3, 0.4) is 0 Å². The van der Waals surface area contributed by atoms with Crippen LogP contribution in [0, 0.1) is 0 Å². The van der Waals surface area contributed by atoms with E-state index in [1.165, 1.54) is 0 Å². The molecule has 0 amide bonds. The number of carboxylic acids is 1. The fraction of sp³-hybridized carbons (Fsp3) is 0.625. The van der Waals surface area contributed by atoms with Gasteiger partial charge in [0.25, 0.3) is 0 Å². The fourth-order valence-electron chi connectivity index (χ4n) is 0.355. The molecule has 7 nitrogen and oxygen atoms in total. The lowest BCUT2D eigenvalue weighted by Crippen LogP contribution is -2.31. The maximum absolute atomic E-state index is 11.1. The Hall–Kier alpha value is 0.0900. The zero-order chi connectivity index (χ0) is 15.4. The maximum atomic E-state index is 11.1. The zero-order valence-corrected chi connectivity index (χ0v) is 13.3. The molecule has 2 atom stereocenters. The summed E-state index contributed by atoms with van der Waals surface area (Å²) in [4.78, 5) is 31.5. The summed E-state index contributed by atoms with van der Waals surface area (Å²) in [6.45, 7) is -0.278. The predicted octanol–water partition coefficient (Wildman–Crippen LogP) is -1.04. The Bertz CT molecular complexity index is 284. The normalized spacial score (nSPS) is 12.9. The van der Waals surface area contributed by atoms with Gasteiger partial charge in [0.1, 0.15) is 0 Å². The van der Waals surface area contributed by atoms with E-state index in [9.17, 15) is 14.4 Å². The number of carbonyl (C=O) groups is 3. The summed E-state index contributed by atoms with van der Waals surface area (Å²) in [5.74, 6) is -0.441. The van der Waals surface area contributed by atoms with Gasteiger partial charge in [-0.3, -0.25) is 14.4 Å². The Morgan fingerprint density at radius 3 is 1.42 bits per heavy atom. The van der Waals surface area contributed by atoms with Crippen LogP contribution < -0.4 is 17.2 Å². The maximum Gasteiger partial charge on any atom is 0.317 e. The number of nitrogens with two attached hydrogens (primary N) is 3. The van der Waals surface area contributed by atoms with Gasteiger partial charge in [0.2, 0.25) is 10.2 Å². The number of carboxylic acid groups (broad SMARTS) is 1. The third-order valence-corrected chi connectivity index (χ3v) is 4.42. The number of thiol groups is 2. The van der Waals surface area contributed by atoms with Crippen molar-refractivity contribution in [3.8, 4) is 0 Å². The average Bonchev–Trinajstić information content (AvgIpc) is 2.42. The molecule has 0 saturated heterocycles. The number of carbonyl (C=O) groups excluding carboxylic acids is 2. The van der Waals surface area contributed by atoms with Crippen LogP contribution >= 0.6 is 46.8 Å². The van der Waals surface area contributed by atoms with E-state index in [4.69, 9.17) is 16.6 Å². The first kappa shape index (κ1) is 21.4. The van der Waals surface area contributed by atoms with Gasteiger partial charge < -0.3 is 22.3 Å². The monoisotopic (exact) mass is 347 g/mol. The van der Waals surface area contributed by atoms with Gasteiger partial charge in [0.15, 0.2) is 0 Å². The molecular formula is C8H17N3O4S4. The highest BCUT2D eigenvalue weighted by atomic mass is 33.1. The van der Waals surface area contributed by atoms with Crippen molar-refractivity contribution < 1.29 is 19.5 Å². The molecule has 7 N–H and O–H groups in total. The molecule has 0 bridgehead atoms. The molecule has 0 fully saturated rings. The van der Waals surface area contributed by atoms with E-state index in [2.05, 4.69) is 31.0 Å². The summed E-state index contributed by atoms with van der Waals surface area (Å²) in [6.07, 6.45) is 0. The molecule has 0 spiro atoms. The molecule has 0 saturated carbocycles. The van der Waals surface area contributed by atoms with Gasteiger partial charge in [-0.15, -0.1) is 0 Å². The second-order valence-electron chi connectivity index (χ2n) is 2.98. The first-order valence-corrected chi connectivity index (χ1v) is 8.28. The van der Waals surface area contributed by atoms with E-state index < -0.39 is 18.1 Å². The quantitative estimate of drug-likeness (QED) is 0.271. The summed E-state index contributed by atoms with van der Waals surface area (Å²) >= 11 is 7.74. The minimum absolute atomic E-state index is 0.263. The van der Waals surface area contributed by atoms with Crippen LogP contribution in [0.2, 0.25) is 0 Å². The van der Waals surface area contributed by atoms with Crippen molar-refractivity contribution in [1.29, 1.82) is 0 Å². The van der Waals surface area contributed by atoms with Crippen LogP contribution in [0.5, 0.6) is 0 Å². The molecule has 2 unspecified atom stereocenters. The number of rotatable bonds is 5. The van der Waals surface area contributed by atoms with E-state index in [0.29, 0.717) is 0 Å². The van der Waals surface area contributed by atoms with E-state index >= 15 is 0 Å². The van der Waals surface area contributed by atoms with Crippen molar-refractivity contribution in [2.75, 3.05) is 18.1 Å². The van der Waals surface area contributed by atoms with Crippen LogP contribution in [0.25, 0.3) is 0 Å². The van der Waals surface area contributed by atoms with Gasteiger partial charge in [-0.2, -0.15) is 25.3 Å². The number of hydrogen-bond donors (Lipinski definition) is 6. The first-order chi connectivity index (χ1) is 8.79. The van der Waals surface area contributed by atoms with Crippen molar-refractivity contribution in [2.45, 2.75) is 12.1 Å². The SMILES string of the molecule is NC(CS)C(=O)SSC(=O)C(N)CS.NCC(=O)O. The largest absolute Gasteiger partial charge is 0.480 e. The lowest BCUT2D eigenvalue weighted by molar-refractivity contribution is -0.135. The van der Waals surface area contributed by atoms with Crippen molar-refractivity contribution in [3.05, 3.63) is 0 Å². The fourth-order valence-corrected chi connectivity index (χ4v) is 2.75. The van der Waals surface area contributed by atoms with E-state index in [-0.39, 0.29) is 28.3 Å². The molecule has 19 heavy (non-hydrogen) atoms. The summed E-state index contributed by atoms with van der Waals surface area (Å²) < 4.78 is 0. The minimum Gasteiger partial charge on any atom is -0.480 e. The first-order valence-electron chi connectivity index (χ1n) is 4.87. The molecule has 0 aliphatic carbocycles. The van der Waals surface area contributed by atoms with Gasteiger partial charge in [0.05, 0.1) is 18.6 Å². The standard InChI is InChI=1S/C6H12N2O2S4.C2H5NO2/c7-3(1-11)5(9)13-14-6(10)4(8)2-12;3-1-2(4)5/h3-4,11-12H,1-2,7-8H2;1,3H2,(H,4,5). The summed E-state index contributed by atoms with van der Waals surface area (Å²) in [5.41, 5.74) is 15.4. The molecule has 112 valence electrons. The molecule has 0 heterocycles. The lowest BCUT2D eigenvalue weighted by Gasteiger charge is -2.07. The van der Waals surface area contributed by atoms with Gasteiger partial charge in [-0.05, 0) is 21.6 Å². The average molecular weight is 348 g/mol. The Kier molecular flexibility index (Phi) is 14.7. The van der Waals surface area contributed by atoms with Crippen molar-refractivity contribution in [2.24, 2.45) is 17.2 Å². The molecule has 0 aromatic rings. The lowest BCUT2D eigenvalue weighted by atomic mass is 10.4. The van der Waals surface area contributed by atoms with Crippen molar-refractivity contribution in [1.82, 2.24) is 0 Å². The van der Waals surface area contributed by atoms with Gasteiger partial charge >= 0.3 is 5.97 Å². The second-order valence-corrected chi connectivity index (χ2v) is 5.85. The molecule has 0 rings (SSSR count). The third kappa shape index (κ3) is 12.9. The highest BCUT2D eigenvalue weighted by Gasteiger charge is 2.18. The smallest absolute Gasteiger partial charge is 0.317 e. The topological polar surface area (TPSA) is 150 Å². The van der Waals surface area contributed by atoms with E-state index in [0.717, 1.165) is 21.6 Å². The minimum atomic E-state index is -0.968. The van der Waals surface area contributed by atoms with Crippen molar-refractivity contribution in [3.63, 3.8) is 0 Å².